The number of benzene rings is 2. The molecule has 0 heterocycles. The van der Waals surface area contributed by atoms with E-state index in [-0.39, 0.29) is 23.3 Å². The largest absolute Gasteiger partial charge is 0.493 e. The minimum atomic E-state index is -3.78. The third-order valence-electron chi connectivity index (χ3n) is 4.18. The van der Waals surface area contributed by atoms with E-state index in [1.54, 1.807) is 38.1 Å². The van der Waals surface area contributed by atoms with E-state index < -0.39 is 10.0 Å². The maximum absolute atomic E-state index is 12.8. The minimum absolute atomic E-state index is 0.0785. The van der Waals surface area contributed by atoms with Gasteiger partial charge in [0.15, 0.2) is 11.5 Å². The maximum atomic E-state index is 12.8. The fraction of sp³-hybridized carbons (Fsp3) is 0.350. The summed E-state index contributed by atoms with van der Waals surface area (Å²) >= 11 is 1.43. The van der Waals surface area contributed by atoms with Crippen LogP contribution in [0.4, 0.5) is 5.69 Å². The number of rotatable bonds is 9. The van der Waals surface area contributed by atoms with E-state index in [4.69, 9.17) is 9.47 Å². The molecule has 2 rings (SSSR count). The highest BCUT2D eigenvalue weighted by atomic mass is 32.2. The summed E-state index contributed by atoms with van der Waals surface area (Å²) in [5, 5.41) is 2.79. The molecule has 29 heavy (non-hydrogen) atoms. The van der Waals surface area contributed by atoms with Crippen LogP contribution in [0.2, 0.25) is 0 Å². The molecule has 0 fully saturated rings. The Hall–Kier alpha value is -2.23. The molecule has 0 radical (unpaired) electrons. The Morgan fingerprint density at radius 3 is 2.34 bits per heavy atom. The molecular formula is C20H26N2O5S2. The molecule has 0 aliphatic rings. The number of nitrogens with one attached hydrogen (secondary N) is 2. The summed E-state index contributed by atoms with van der Waals surface area (Å²) in [6.45, 7) is 3.64. The van der Waals surface area contributed by atoms with Crippen molar-refractivity contribution in [2.45, 2.75) is 30.2 Å². The predicted molar refractivity (Wildman–Crippen MR) is 115 cm³/mol. The Balaban J connectivity index is 2.23. The highest BCUT2D eigenvalue weighted by molar-refractivity contribution is 7.98. The molecule has 2 aromatic rings. The van der Waals surface area contributed by atoms with Gasteiger partial charge in [0.2, 0.25) is 15.9 Å². The summed E-state index contributed by atoms with van der Waals surface area (Å²) in [5.74, 6) is 0.700. The van der Waals surface area contributed by atoms with Gasteiger partial charge in [0, 0.05) is 17.4 Å². The average Bonchev–Trinajstić information content (AvgIpc) is 2.71. The van der Waals surface area contributed by atoms with E-state index in [9.17, 15) is 13.2 Å². The van der Waals surface area contributed by atoms with Gasteiger partial charge < -0.3 is 14.8 Å². The molecule has 158 valence electrons. The lowest BCUT2D eigenvalue weighted by atomic mass is 10.2. The molecule has 2 N–H and O–H groups in total. The van der Waals surface area contributed by atoms with Crippen LogP contribution >= 0.6 is 11.8 Å². The highest BCUT2D eigenvalue weighted by Gasteiger charge is 2.18. The molecule has 0 spiro atoms. The molecule has 0 aliphatic heterocycles. The Labute approximate surface area is 176 Å². The Kier molecular flexibility index (Phi) is 7.95. The van der Waals surface area contributed by atoms with Crippen molar-refractivity contribution in [3.8, 4) is 11.5 Å². The summed E-state index contributed by atoms with van der Waals surface area (Å²) in [5.41, 5.74) is 1.20. The molecule has 0 saturated heterocycles. The number of hydrogen-bond acceptors (Lipinski definition) is 6. The van der Waals surface area contributed by atoms with Gasteiger partial charge in [0.25, 0.3) is 0 Å². The van der Waals surface area contributed by atoms with Crippen molar-refractivity contribution >= 4 is 33.4 Å². The number of methoxy groups -OCH3 is 2. The molecule has 0 unspecified atom stereocenters. The van der Waals surface area contributed by atoms with E-state index in [2.05, 4.69) is 10.0 Å². The highest BCUT2D eigenvalue weighted by Crippen LogP contribution is 2.30. The van der Waals surface area contributed by atoms with E-state index in [0.717, 1.165) is 10.5 Å². The molecule has 0 atom stereocenters. The van der Waals surface area contributed by atoms with Crippen molar-refractivity contribution < 1.29 is 22.7 Å². The summed E-state index contributed by atoms with van der Waals surface area (Å²) in [4.78, 5) is 12.9. The third-order valence-corrected chi connectivity index (χ3v) is 6.37. The fourth-order valence-electron chi connectivity index (χ4n) is 2.48. The number of anilines is 1. The average molecular weight is 439 g/mol. The lowest BCUT2D eigenvalue weighted by molar-refractivity contribution is -0.118. The van der Waals surface area contributed by atoms with Gasteiger partial charge in [-0.05, 0) is 42.2 Å². The van der Waals surface area contributed by atoms with Gasteiger partial charge in [-0.1, -0.05) is 19.9 Å². The summed E-state index contributed by atoms with van der Waals surface area (Å²) in [6.07, 6.45) is 1.86. The van der Waals surface area contributed by atoms with E-state index in [1.165, 1.54) is 38.1 Å². The standard InChI is InChI=1S/C20H26N2O5S2/c1-13(2)20(23)22-16-11-15(7-9-19(16)28-5)29(24,25)21-12-14-6-8-17(26-3)18(10-14)27-4/h6-11,13,21H,12H2,1-5H3,(H,22,23). The molecule has 2 aromatic carbocycles. The third kappa shape index (κ3) is 5.88. The molecule has 9 heteroatoms. The van der Waals surface area contributed by atoms with Gasteiger partial charge in [0.05, 0.1) is 24.8 Å². The van der Waals surface area contributed by atoms with Crippen molar-refractivity contribution in [3.63, 3.8) is 0 Å². The van der Waals surface area contributed by atoms with Gasteiger partial charge in [-0.3, -0.25) is 4.79 Å². The summed E-state index contributed by atoms with van der Waals surface area (Å²) in [6, 6.07) is 9.87. The molecule has 0 aromatic heterocycles. The maximum Gasteiger partial charge on any atom is 0.240 e. The SMILES string of the molecule is COc1ccc(CNS(=O)(=O)c2ccc(SC)c(NC(=O)C(C)C)c2)cc1OC. The first-order valence-corrected chi connectivity index (χ1v) is 11.6. The van der Waals surface area contributed by atoms with E-state index in [1.807, 2.05) is 6.26 Å². The number of carbonyl (C=O) groups excluding carboxylic acids is 1. The first-order valence-electron chi connectivity index (χ1n) is 8.91. The zero-order valence-corrected chi connectivity index (χ0v) is 18.7. The lowest BCUT2D eigenvalue weighted by Crippen LogP contribution is -2.24. The molecule has 0 aliphatic carbocycles. The van der Waals surface area contributed by atoms with E-state index in [0.29, 0.717) is 17.2 Å². The number of ether oxygens (including phenoxy) is 2. The van der Waals surface area contributed by atoms with Crippen LogP contribution in [0, 0.1) is 5.92 Å². The lowest BCUT2D eigenvalue weighted by Gasteiger charge is -2.14. The number of amides is 1. The zero-order valence-electron chi connectivity index (χ0n) is 17.1. The van der Waals surface area contributed by atoms with Crippen molar-refractivity contribution in [2.75, 3.05) is 25.8 Å². The predicted octanol–water partition coefficient (Wildman–Crippen LogP) is 3.50. The second kappa shape index (κ2) is 10.00. The quantitative estimate of drug-likeness (QED) is 0.582. The first kappa shape index (κ1) is 23.1. The van der Waals surface area contributed by atoms with Crippen LogP contribution in [0.3, 0.4) is 0 Å². The fourth-order valence-corrected chi connectivity index (χ4v) is 4.06. The number of thioether (sulfide) groups is 1. The van der Waals surface area contributed by atoms with Gasteiger partial charge in [-0.15, -0.1) is 11.8 Å². The second-order valence-electron chi connectivity index (χ2n) is 6.52. The molecular weight excluding hydrogens is 412 g/mol. The van der Waals surface area contributed by atoms with Gasteiger partial charge >= 0.3 is 0 Å². The van der Waals surface area contributed by atoms with Crippen LogP contribution in [0.5, 0.6) is 11.5 Å². The Bertz CT molecular complexity index is 975. The smallest absolute Gasteiger partial charge is 0.240 e. The second-order valence-corrected chi connectivity index (χ2v) is 9.13. The van der Waals surface area contributed by atoms with Crippen LogP contribution < -0.4 is 19.5 Å². The van der Waals surface area contributed by atoms with Gasteiger partial charge in [-0.2, -0.15) is 0 Å². The molecule has 0 bridgehead atoms. The number of hydrogen-bond donors (Lipinski definition) is 2. The van der Waals surface area contributed by atoms with Gasteiger partial charge in [0.1, 0.15) is 0 Å². The van der Waals surface area contributed by atoms with Crippen LogP contribution in [0.25, 0.3) is 0 Å². The number of sulfonamides is 1. The monoisotopic (exact) mass is 438 g/mol. The van der Waals surface area contributed by atoms with Crippen molar-refractivity contribution in [2.24, 2.45) is 5.92 Å². The van der Waals surface area contributed by atoms with Crippen LogP contribution in [0.15, 0.2) is 46.2 Å². The Morgan fingerprint density at radius 2 is 1.76 bits per heavy atom. The normalized spacial score (nSPS) is 11.4. The van der Waals surface area contributed by atoms with Crippen molar-refractivity contribution in [1.82, 2.24) is 4.72 Å². The summed E-state index contributed by atoms with van der Waals surface area (Å²) < 4.78 is 38.5. The summed E-state index contributed by atoms with van der Waals surface area (Å²) in [7, 11) is -0.724. The first-order chi connectivity index (χ1) is 13.7. The minimum Gasteiger partial charge on any atom is -0.493 e. The van der Waals surface area contributed by atoms with Crippen molar-refractivity contribution in [3.05, 3.63) is 42.0 Å². The van der Waals surface area contributed by atoms with Gasteiger partial charge in [-0.25, -0.2) is 13.1 Å². The van der Waals surface area contributed by atoms with Crippen LogP contribution in [-0.4, -0.2) is 34.8 Å². The number of carbonyl (C=O) groups is 1. The molecule has 1 amide bonds. The van der Waals surface area contributed by atoms with Crippen LogP contribution in [-0.2, 0) is 21.4 Å². The Morgan fingerprint density at radius 1 is 1.07 bits per heavy atom. The molecule has 0 saturated carbocycles. The van der Waals surface area contributed by atoms with Crippen LogP contribution in [0.1, 0.15) is 19.4 Å². The van der Waals surface area contributed by atoms with E-state index >= 15 is 0 Å². The zero-order chi connectivity index (χ0) is 21.6. The molecule has 7 nitrogen and oxygen atoms in total. The topological polar surface area (TPSA) is 93.7 Å². The van der Waals surface area contributed by atoms with Crippen molar-refractivity contribution in [1.29, 1.82) is 0 Å².